The number of hydrogen-bond acceptors (Lipinski definition) is 1. The summed E-state index contributed by atoms with van der Waals surface area (Å²) in [6.45, 7) is 15.8. The van der Waals surface area contributed by atoms with Crippen molar-refractivity contribution in [3.63, 3.8) is 0 Å². The fourth-order valence-corrected chi connectivity index (χ4v) is 6.48. The Balaban J connectivity index is 0.000000491. The van der Waals surface area contributed by atoms with Crippen LogP contribution in [-0.4, -0.2) is 18.2 Å². The maximum Gasteiger partial charge on any atom is 0.152 e. The second-order valence-electron chi connectivity index (χ2n) is 6.96. The number of aromatic nitrogens is 2. The Hall–Kier alpha value is -0.803. The summed E-state index contributed by atoms with van der Waals surface area (Å²) in [4.78, 5) is 4.50. The summed E-state index contributed by atoms with van der Waals surface area (Å²) in [5.74, 6) is 0.833. The van der Waals surface area contributed by atoms with E-state index in [1.54, 1.807) is 6.20 Å². The van der Waals surface area contributed by atoms with Gasteiger partial charge in [-0.05, 0) is 35.3 Å². The van der Waals surface area contributed by atoms with Crippen LogP contribution >= 0.6 is 11.6 Å². The van der Waals surface area contributed by atoms with Crippen LogP contribution in [0.25, 0.3) is 11.0 Å². The van der Waals surface area contributed by atoms with Crippen molar-refractivity contribution in [1.82, 2.24) is 9.22 Å². The Morgan fingerprint density at radius 2 is 1.52 bits per heavy atom. The van der Waals surface area contributed by atoms with Crippen LogP contribution < -0.4 is 0 Å². The van der Waals surface area contributed by atoms with Crippen molar-refractivity contribution in [2.24, 2.45) is 5.92 Å². The highest BCUT2D eigenvalue weighted by atomic mass is 35.5. The Labute approximate surface area is 136 Å². The number of hydrogen-bond donors (Lipinski definition) is 0. The minimum Gasteiger partial charge on any atom is -0.362 e. The first-order valence-corrected chi connectivity index (χ1v) is 10.1. The molecule has 0 fully saturated rings. The third-order valence-corrected chi connectivity index (χ3v) is 7.37. The SMILES string of the molecule is CC(C)C.CC(C)[SiH](C(C)C)n1ccc2c(Cl)ccnc21. The monoisotopic (exact) mass is 324 g/mol. The molecular formula is C17H29ClN2Si. The summed E-state index contributed by atoms with van der Waals surface area (Å²) in [7, 11) is -1.07. The highest BCUT2D eigenvalue weighted by Crippen LogP contribution is 2.28. The first-order valence-electron chi connectivity index (χ1n) is 7.86. The molecule has 0 radical (unpaired) electrons. The largest absolute Gasteiger partial charge is 0.362 e. The van der Waals surface area contributed by atoms with Crippen LogP contribution in [0.15, 0.2) is 24.5 Å². The molecule has 0 unspecified atom stereocenters. The molecule has 2 aromatic heterocycles. The molecule has 21 heavy (non-hydrogen) atoms. The molecule has 0 saturated heterocycles. The molecule has 4 heteroatoms. The second-order valence-corrected chi connectivity index (χ2v) is 11.6. The Morgan fingerprint density at radius 1 is 1.00 bits per heavy atom. The van der Waals surface area contributed by atoms with Gasteiger partial charge in [0.1, 0.15) is 5.65 Å². The molecule has 0 atom stereocenters. The quantitative estimate of drug-likeness (QED) is 0.658. The van der Waals surface area contributed by atoms with Gasteiger partial charge in [-0.25, -0.2) is 4.98 Å². The predicted octanol–water partition coefficient (Wildman–Crippen LogP) is 5.74. The van der Waals surface area contributed by atoms with Crippen molar-refractivity contribution in [3.8, 4) is 0 Å². The van der Waals surface area contributed by atoms with Crippen molar-refractivity contribution in [2.45, 2.75) is 59.5 Å². The number of fused-ring (bicyclic) bond motifs is 1. The molecule has 0 N–H and O–H groups in total. The standard InChI is InChI=1S/C13H19ClN2Si.C4H10/c1-9(2)17(10(3)4)16-8-6-11-12(14)5-7-15-13(11)16;1-4(2)3/h5-10,17H,1-4H3;4H,1-3H3. The molecule has 118 valence electrons. The van der Waals surface area contributed by atoms with E-state index in [0.29, 0.717) is 11.1 Å². The zero-order valence-corrected chi connectivity index (χ0v) is 16.3. The van der Waals surface area contributed by atoms with Crippen LogP contribution in [0.4, 0.5) is 0 Å². The van der Waals surface area contributed by atoms with Crippen molar-refractivity contribution in [1.29, 1.82) is 0 Å². The maximum absolute atomic E-state index is 6.20. The van der Waals surface area contributed by atoms with Gasteiger partial charge < -0.3 is 4.23 Å². The zero-order valence-electron chi connectivity index (χ0n) is 14.4. The summed E-state index contributed by atoms with van der Waals surface area (Å²) >= 11 is 6.20. The van der Waals surface area contributed by atoms with E-state index in [1.165, 1.54) is 0 Å². The lowest BCUT2D eigenvalue weighted by Crippen LogP contribution is -2.30. The van der Waals surface area contributed by atoms with Gasteiger partial charge in [-0.2, -0.15) is 0 Å². The topological polar surface area (TPSA) is 17.8 Å². The molecule has 0 saturated carbocycles. The summed E-state index contributed by atoms with van der Waals surface area (Å²) in [6.07, 6.45) is 3.97. The minimum atomic E-state index is -1.07. The summed E-state index contributed by atoms with van der Waals surface area (Å²) in [5, 5.41) is 1.88. The molecule has 2 rings (SSSR count). The molecule has 2 heterocycles. The molecular weight excluding hydrogens is 296 g/mol. The van der Waals surface area contributed by atoms with Crippen LogP contribution in [0.1, 0.15) is 48.5 Å². The molecule has 0 bridgehead atoms. The number of pyridine rings is 1. The van der Waals surface area contributed by atoms with Crippen LogP contribution in [0.3, 0.4) is 0 Å². The fraction of sp³-hybridized carbons (Fsp3) is 0.588. The summed E-state index contributed by atoms with van der Waals surface area (Å²) in [5.41, 5.74) is 2.48. The first kappa shape index (κ1) is 18.2. The number of halogens is 1. The lowest BCUT2D eigenvalue weighted by Gasteiger charge is -2.25. The van der Waals surface area contributed by atoms with E-state index in [0.717, 1.165) is 22.0 Å². The van der Waals surface area contributed by atoms with Gasteiger partial charge in [0, 0.05) is 11.6 Å². The van der Waals surface area contributed by atoms with E-state index in [2.05, 4.69) is 69.9 Å². The molecule has 0 aliphatic heterocycles. The lowest BCUT2D eigenvalue weighted by molar-refractivity contribution is 0.737. The van der Waals surface area contributed by atoms with E-state index < -0.39 is 8.96 Å². The van der Waals surface area contributed by atoms with E-state index in [9.17, 15) is 0 Å². The molecule has 0 aliphatic rings. The molecule has 0 aliphatic carbocycles. The maximum atomic E-state index is 6.20. The molecule has 0 spiro atoms. The molecule has 2 nitrogen and oxygen atoms in total. The normalized spacial score (nSPS) is 11.6. The number of rotatable bonds is 3. The van der Waals surface area contributed by atoms with Gasteiger partial charge in [0.15, 0.2) is 8.96 Å². The van der Waals surface area contributed by atoms with E-state index >= 15 is 0 Å². The Kier molecular flexibility index (Phi) is 6.95. The third-order valence-electron chi connectivity index (χ3n) is 3.25. The average Bonchev–Trinajstić information content (AvgIpc) is 2.73. The van der Waals surface area contributed by atoms with Crippen LogP contribution in [0.2, 0.25) is 16.1 Å². The van der Waals surface area contributed by atoms with Crippen molar-refractivity contribution < 1.29 is 0 Å². The minimum absolute atomic E-state index is 0.714. The van der Waals surface area contributed by atoms with Crippen LogP contribution in [0.5, 0.6) is 0 Å². The lowest BCUT2D eigenvalue weighted by atomic mass is 10.3. The average molecular weight is 325 g/mol. The van der Waals surface area contributed by atoms with Gasteiger partial charge in [0.05, 0.1) is 5.02 Å². The van der Waals surface area contributed by atoms with E-state index in [1.807, 2.05) is 6.07 Å². The Bertz CT molecular complexity index is 550. The van der Waals surface area contributed by atoms with Gasteiger partial charge in [-0.1, -0.05) is 60.1 Å². The Morgan fingerprint density at radius 3 is 2.00 bits per heavy atom. The van der Waals surface area contributed by atoms with E-state index in [4.69, 9.17) is 11.6 Å². The summed E-state index contributed by atoms with van der Waals surface area (Å²) in [6, 6.07) is 3.95. The smallest absolute Gasteiger partial charge is 0.152 e. The highest BCUT2D eigenvalue weighted by Gasteiger charge is 2.23. The van der Waals surface area contributed by atoms with Crippen LogP contribution in [0, 0.1) is 5.92 Å². The fourth-order valence-electron chi connectivity index (χ4n) is 2.68. The summed E-state index contributed by atoms with van der Waals surface area (Å²) < 4.78 is 2.40. The van der Waals surface area contributed by atoms with Gasteiger partial charge in [-0.15, -0.1) is 0 Å². The number of nitrogens with zero attached hydrogens (tertiary/aromatic N) is 2. The van der Waals surface area contributed by atoms with Crippen LogP contribution in [-0.2, 0) is 0 Å². The predicted molar refractivity (Wildman–Crippen MR) is 98.0 cm³/mol. The molecule has 2 aromatic rings. The van der Waals surface area contributed by atoms with Gasteiger partial charge in [0.2, 0.25) is 0 Å². The van der Waals surface area contributed by atoms with Crippen molar-refractivity contribution >= 4 is 31.6 Å². The van der Waals surface area contributed by atoms with Gasteiger partial charge in [-0.3, -0.25) is 0 Å². The van der Waals surface area contributed by atoms with Gasteiger partial charge >= 0.3 is 0 Å². The van der Waals surface area contributed by atoms with Gasteiger partial charge in [0.25, 0.3) is 0 Å². The van der Waals surface area contributed by atoms with Crippen molar-refractivity contribution in [2.75, 3.05) is 0 Å². The second kappa shape index (κ2) is 8.00. The molecule has 0 amide bonds. The first-order chi connectivity index (χ1) is 9.75. The van der Waals surface area contributed by atoms with E-state index in [-0.39, 0.29) is 0 Å². The molecule has 0 aromatic carbocycles. The van der Waals surface area contributed by atoms with Crippen molar-refractivity contribution in [3.05, 3.63) is 29.5 Å². The zero-order chi connectivity index (χ0) is 16.2. The highest BCUT2D eigenvalue weighted by molar-refractivity contribution is 6.61. The third kappa shape index (κ3) is 4.85.